The van der Waals surface area contributed by atoms with E-state index in [1.165, 1.54) is 17.5 Å². The number of carbonyl (C=O) groups excluding carboxylic acids is 1. The number of aryl methyl sites for hydroxylation is 2. The van der Waals surface area contributed by atoms with Crippen LogP contribution in [-0.4, -0.2) is 49.7 Å². The highest BCUT2D eigenvalue weighted by atomic mass is 35.5. The quantitative estimate of drug-likeness (QED) is 0.873. The largest absolute Gasteiger partial charge is 0.374 e. The number of anilines is 1. The Hall–Kier alpha value is -1.14. The molecule has 3 N–H and O–H groups in total. The lowest BCUT2D eigenvalue weighted by Crippen LogP contribution is -2.48. The van der Waals surface area contributed by atoms with Gasteiger partial charge < -0.3 is 15.8 Å². The number of nitrogens with zero attached hydrogens (tertiary/aromatic N) is 1. The fourth-order valence-corrected chi connectivity index (χ4v) is 3.12. The minimum Gasteiger partial charge on any atom is -0.374 e. The zero-order valence-electron chi connectivity index (χ0n) is 12.7. The van der Waals surface area contributed by atoms with Gasteiger partial charge in [-0.15, -0.1) is 12.4 Å². The van der Waals surface area contributed by atoms with Gasteiger partial charge in [0.1, 0.15) is 0 Å². The molecule has 1 aliphatic heterocycles. The minimum atomic E-state index is 0. The third kappa shape index (κ3) is 4.20. The first kappa shape index (κ1) is 17.2. The Morgan fingerprint density at radius 3 is 3.00 bits per heavy atom. The van der Waals surface area contributed by atoms with Crippen molar-refractivity contribution >= 4 is 24.0 Å². The monoisotopic (exact) mass is 325 g/mol. The van der Waals surface area contributed by atoms with E-state index in [9.17, 15) is 4.79 Å². The number of nitrogens with one attached hydrogen (secondary N) is 1. The molecule has 22 heavy (non-hydrogen) atoms. The summed E-state index contributed by atoms with van der Waals surface area (Å²) in [4.78, 5) is 14.3. The maximum Gasteiger partial charge on any atom is 0.238 e. The third-order valence-corrected chi connectivity index (χ3v) is 4.24. The Kier molecular flexibility index (Phi) is 6.20. The van der Waals surface area contributed by atoms with Crippen molar-refractivity contribution in [1.82, 2.24) is 4.90 Å². The summed E-state index contributed by atoms with van der Waals surface area (Å²) in [6.45, 7) is 3.07. The second-order valence-corrected chi connectivity index (χ2v) is 5.85. The molecule has 1 aliphatic carbocycles. The van der Waals surface area contributed by atoms with E-state index < -0.39 is 0 Å². The van der Waals surface area contributed by atoms with Crippen molar-refractivity contribution in [1.29, 1.82) is 0 Å². The predicted octanol–water partition coefficient (Wildman–Crippen LogP) is 1.20. The van der Waals surface area contributed by atoms with Gasteiger partial charge in [-0.05, 0) is 42.5 Å². The lowest BCUT2D eigenvalue weighted by atomic mass is 10.1. The van der Waals surface area contributed by atoms with Crippen LogP contribution in [0.25, 0.3) is 0 Å². The van der Waals surface area contributed by atoms with Crippen LogP contribution in [0.1, 0.15) is 17.5 Å². The van der Waals surface area contributed by atoms with E-state index in [0.717, 1.165) is 31.6 Å². The molecule has 0 aromatic heterocycles. The standard InChI is InChI=1S/C16H23N3O2.ClH/c17-9-15-10-19(6-7-21-15)11-16(20)18-14-5-4-12-2-1-3-13(12)8-14;/h4-5,8,15H,1-3,6-7,9-11,17H2,(H,18,20);1H. The summed E-state index contributed by atoms with van der Waals surface area (Å²) in [5.41, 5.74) is 9.33. The highest BCUT2D eigenvalue weighted by molar-refractivity contribution is 5.92. The maximum absolute atomic E-state index is 12.2. The molecule has 122 valence electrons. The van der Waals surface area contributed by atoms with Crippen LogP contribution >= 0.6 is 12.4 Å². The molecule has 1 amide bonds. The van der Waals surface area contributed by atoms with Crippen molar-refractivity contribution in [2.24, 2.45) is 5.73 Å². The molecule has 6 heteroatoms. The molecule has 1 fully saturated rings. The molecule has 0 spiro atoms. The van der Waals surface area contributed by atoms with E-state index in [2.05, 4.69) is 22.3 Å². The fraction of sp³-hybridized carbons (Fsp3) is 0.562. The van der Waals surface area contributed by atoms with Crippen LogP contribution in [0.15, 0.2) is 18.2 Å². The number of hydrogen-bond donors (Lipinski definition) is 2. The van der Waals surface area contributed by atoms with Crippen molar-refractivity contribution in [2.45, 2.75) is 25.4 Å². The van der Waals surface area contributed by atoms with E-state index in [4.69, 9.17) is 10.5 Å². The molecule has 2 aliphatic rings. The van der Waals surface area contributed by atoms with Crippen LogP contribution in [-0.2, 0) is 22.4 Å². The predicted molar refractivity (Wildman–Crippen MR) is 89.6 cm³/mol. The van der Waals surface area contributed by atoms with Gasteiger partial charge >= 0.3 is 0 Å². The zero-order valence-corrected chi connectivity index (χ0v) is 13.5. The summed E-state index contributed by atoms with van der Waals surface area (Å²) in [6.07, 6.45) is 3.56. The van der Waals surface area contributed by atoms with E-state index >= 15 is 0 Å². The summed E-state index contributed by atoms with van der Waals surface area (Å²) < 4.78 is 5.51. The molecule has 1 saturated heterocycles. The van der Waals surface area contributed by atoms with Gasteiger partial charge in [0, 0.05) is 25.3 Å². The average molecular weight is 326 g/mol. The summed E-state index contributed by atoms with van der Waals surface area (Å²) in [6, 6.07) is 6.25. The summed E-state index contributed by atoms with van der Waals surface area (Å²) >= 11 is 0. The number of hydrogen-bond acceptors (Lipinski definition) is 4. The number of morpholine rings is 1. The van der Waals surface area contributed by atoms with E-state index in [0.29, 0.717) is 19.7 Å². The first-order chi connectivity index (χ1) is 10.2. The van der Waals surface area contributed by atoms with Gasteiger partial charge in [0.15, 0.2) is 0 Å². The van der Waals surface area contributed by atoms with Crippen LogP contribution in [0.4, 0.5) is 5.69 Å². The number of fused-ring (bicyclic) bond motifs is 1. The van der Waals surface area contributed by atoms with Crippen molar-refractivity contribution in [3.8, 4) is 0 Å². The van der Waals surface area contributed by atoms with Crippen molar-refractivity contribution in [3.63, 3.8) is 0 Å². The first-order valence-corrected chi connectivity index (χ1v) is 7.70. The molecule has 1 aromatic carbocycles. The van der Waals surface area contributed by atoms with Crippen molar-refractivity contribution in [2.75, 3.05) is 38.1 Å². The van der Waals surface area contributed by atoms with Gasteiger partial charge in [0.25, 0.3) is 0 Å². The average Bonchev–Trinajstić information content (AvgIpc) is 2.95. The molecule has 1 aromatic rings. The number of halogens is 1. The van der Waals surface area contributed by atoms with Crippen molar-refractivity contribution in [3.05, 3.63) is 29.3 Å². The summed E-state index contributed by atoms with van der Waals surface area (Å²) in [7, 11) is 0. The number of nitrogens with two attached hydrogens (primary N) is 1. The zero-order chi connectivity index (χ0) is 14.7. The van der Waals surface area contributed by atoms with Gasteiger partial charge in [-0.3, -0.25) is 9.69 Å². The molecule has 3 rings (SSSR count). The molecule has 1 atom stereocenters. The second kappa shape index (κ2) is 7.92. The van der Waals surface area contributed by atoms with Crippen LogP contribution < -0.4 is 11.1 Å². The highest BCUT2D eigenvalue weighted by Crippen LogP contribution is 2.24. The molecule has 0 saturated carbocycles. The normalized spacial score (nSPS) is 21.0. The number of amides is 1. The van der Waals surface area contributed by atoms with Gasteiger partial charge in [0.2, 0.25) is 5.91 Å². The van der Waals surface area contributed by atoms with Crippen molar-refractivity contribution < 1.29 is 9.53 Å². The van der Waals surface area contributed by atoms with Crippen LogP contribution in [0.2, 0.25) is 0 Å². The second-order valence-electron chi connectivity index (χ2n) is 5.85. The molecule has 1 unspecified atom stereocenters. The summed E-state index contributed by atoms with van der Waals surface area (Å²) in [5.74, 6) is 0.0330. The highest BCUT2D eigenvalue weighted by Gasteiger charge is 2.21. The van der Waals surface area contributed by atoms with Crippen LogP contribution in [0.3, 0.4) is 0 Å². The van der Waals surface area contributed by atoms with E-state index in [1.807, 2.05) is 6.07 Å². The molecular formula is C16H24ClN3O2. The Morgan fingerprint density at radius 1 is 1.36 bits per heavy atom. The first-order valence-electron chi connectivity index (χ1n) is 7.70. The smallest absolute Gasteiger partial charge is 0.238 e. The Labute approximate surface area is 137 Å². The molecule has 1 heterocycles. The van der Waals surface area contributed by atoms with E-state index in [1.54, 1.807) is 0 Å². The lowest BCUT2D eigenvalue weighted by molar-refractivity contribution is -0.119. The molecule has 0 radical (unpaired) electrons. The maximum atomic E-state index is 12.2. The SMILES string of the molecule is Cl.NCC1CN(CC(=O)Nc2ccc3c(c2)CCC3)CCO1. The fourth-order valence-electron chi connectivity index (χ4n) is 3.12. The summed E-state index contributed by atoms with van der Waals surface area (Å²) in [5, 5.41) is 3.00. The Bertz CT molecular complexity index is 524. The molecule has 0 bridgehead atoms. The number of ether oxygens (including phenoxy) is 1. The Balaban J connectivity index is 0.00000176. The van der Waals surface area contributed by atoms with Crippen LogP contribution in [0.5, 0.6) is 0 Å². The minimum absolute atomic E-state index is 0. The topological polar surface area (TPSA) is 67.6 Å². The van der Waals surface area contributed by atoms with Gasteiger partial charge in [-0.1, -0.05) is 6.07 Å². The third-order valence-electron chi connectivity index (χ3n) is 4.24. The van der Waals surface area contributed by atoms with Crippen LogP contribution in [0, 0.1) is 0 Å². The lowest BCUT2D eigenvalue weighted by Gasteiger charge is -2.31. The number of rotatable bonds is 4. The number of carbonyl (C=O) groups is 1. The number of benzene rings is 1. The molecular weight excluding hydrogens is 302 g/mol. The van der Waals surface area contributed by atoms with Gasteiger partial charge in [-0.25, -0.2) is 0 Å². The van der Waals surface area contributed by atoms with Gasteiger partial charge in [0.05, 0.1) is 19.3 Å². The van der Waals surface area contributed by atoms with Gasteiger partial charge in [-0.2, -0.15) is 0 Å². The Morgan fingerprint density at radius 2 is 2.18 bits per heavy atom. The van der Waals surface area contributed by atoms with E-state index in [-0.39, 0.29) is 24.4 Å². The molecule has 5 nitrogen and oxygen atoms in total.